The second kappa shape index (κ2) is 7.18. The fourth-order valence-electron chi connectivity index (χ4n) is 2.44. The van der Waals surface area contributed by atoms with E-state index in [-0.39, 0.29) is 23.7 Å². The molecule has 1 atom stereocenters. The van der Waals surface area contributed by atoms with E-state index < -0.39 is 17.7 Å². The maximum Gasteiger partial charge on any atom is 0.236 e. The lowest BCUT2D eigenvalue weighted by molar-refractivity contribution is -0.122. The van der Waals surface area contributed by atoms with Crippen LogP contribution in [-0.2, 0) is 10.2 Å². The van der Waals surface area contributed by atoms with Crippen LogP contribution in [0.2, 0.25) is 0 Å². The molecule has 0 radical (unpaired) electrons. The Morgan fingerprint density at radius 2 is 2.10 bits per heavy atom. The predicted octanol–water partition coefficient (Wildman–Crippen LogP) is 2.66. The summed E-state index contributed by atoms with van der Waals surface area (Å²) >= 11 is 0. The average molecular weight is 319 g/mol. The van der Waals surface area contributed by atoms with E-state index in [1.54, 1.807) is 0 Å². The molecule has 0 bridgehead atoms. The zero-order valence-electron chi connectivity index (χ0n) is 12.0. The fraction of sp³-hybridized carbons (Fsp3) is 0.533. The SMILES string of the molecule is CCCC(N)C(=O)NCC1(c2ccc(F)cc2F)CC1.Cl. The summed E-state index contributed by atoms with van der Waals surface area (Å²) in [4.78, 5) is 11.8. The minimum absolute atomic E-state index is 0. The first-order valence-corrected chi connectivity index (χ1v) is 6.97. The molecule has 0 aromatic heterocycles. The van der Waals surface area contributed by atoms with E-state index in [2.05, 4.69) is 5.32 Å². The summed E-state index contributed by atoms with van der Waals surface area (Å²) in [6.07, 6.45) is 3.05. The van der Waals surface area contributed by atoms with Crippen LogP contribution in [-0.4, -0.2) is 18.5 Å². The molecule has 1 fully saturated rings. The van der Waals surface area contributed by atoms with Crippen molar-refractivity contribution < 1.29 is 13.6 Å². The smallest absolute Gasteiger partial charge is 0.236 e. The van der Waals surface area contributed by atoms with Crippen molar-refractivity contribution >= 4 is 18.3 Å². The van der Waals surface area contributed by atoms with E-state index in [4.69, 9.17) is 5.73 Å². The van der Waals surface area contributed by atoms with Crippen LogP contribution in [0.15, 0.2) is 18.2 Å². The molecule has 0 heterocycles. The molecule has 21 heavy (non-hydrogen) atoms. The van der Waals surface area contributed by atoms with Gasteiger partial charge in [0.2, 0.25) is 5.91 Å². The molecule has 2 rings (SSSR count). The van der Waals surface area contributed by atoms with Crippen molar-refractivity contribution in [3.8, 4) is 0 Å². The van der Waals surface area contributed by atoms with Gasteiger partial charge in [0, 0.05) is 18.0 Å². The highest BCUT2D eigenvalue weighted by Crippen LogP contribution is 2.48. The second-order valence-corrected chi connectivity index (χ2v) is 5.52. The third-order valence-electron chi connectivity index (χ3n) is 3.89. The molecular formula is C15H21ClF2N2O. The van der Waals surface area contributed by atoms with Crippen molar-refractivity contribution in [3.05, 3.63) is 35.4 Å². The number of nitrogens with one attached hydrogen (secondary N) is 1. The second-order valence-electron chi connectivity index (χ2n) is 5.52. The summed E-state index contributed by atoms with van der Waals surface area (Å²) in [5, 5.41) is 2.79. The van der Waals surface area contributed by atoms with Crippen LogP contribution in [0.5, 0.6) is 0 Å². The highest BCUT2D eigenvalue weighted by molar-refractivity contribution is 5.85. The van der Waals surface area contributed by atoms with Gasteiger partial charge in [0.15, 0.2) is 0 Å². The highest BCUT2D eigenvalue weighted by atomic mass is 35.5. The number of halogens is 3. The molecular weight excluding hydrogens is 298 g/mol. The third kappa shape index (κ3) is 4.14. The molecule has 1 aromatic carbocycles. The van der Waals surface area contributed by atoms with Gasteiger partial charge >= 0.3 is 0 Å². The van der Waals surface area contributed by atoms with E-state index in [0.29, 0.717) is 18.5 Å². The van der Waals surface area contributed by atoms with E-state index in [9.17, 15) is 13.6 Å². The minimum Gasteiger partial charge on any atom is -0.354 e. The summed E-state index contributed by atoms with van der Waals surface area (Å²) in [6.45, 7) is 2.31. The summed E-state index contributed by atoms with van der Waals surface area (Å²) < 4.78 is 26.7. The summed E-state index contributed by atoms with van der Waals surface area (Å²) in [6, 6.07) is 3.09. The highest BCUT2D eigenvalue weighted by Gasteiger charge is 2.46. The molecule has 1 amide bonds. The van der Waals surface area contributed by atoms with Gasteiger partial charge in [0.1, 0.15) is 11.6 Å². The predicted molar refractivity (Wildman–Crippen MR) is 80.4 cm³/mol. The van der Waals surface area contributed by atoms with Gasteiger partial charge in [-0.1, -0.05) is 19.4 Å². The van der Waals surface area contributed by atoms with Gasteiger partial charge < -0.3 is 11.1 Å². The first kappa shape index (κ1) is 17.9. The molecule has 0 spiro atoms. The maximum atomic E-state index is 13.8. The van der Waals surface area contributed by atoms with E-state index in [1.807, 2.05) is 6.92 Å². The van der Waals surface area contributed by atoms with Crippen LogP contribution in [0.25, 0.3) is 0 Å². The Balaban J connectivity index is 0.00000220. The standard InChI is InChI=1S/C15H20F2N2O.ClH/c1-2-3-13(18)14(20)19-9-15(6-7-15)11-5-4-10(16)8-12(11)17;/h4-5,8,13H,2-3,6-7,9,18H2,1H3,(H,19,20);1H. The molecule has 0 aliphatic heterocycles. The zero-order valence-corrected chi connectivity index (χ0v) is 12.8. The Kier molecular flexibility index (Phi) is 6.10. The molecule has 1 aliphatic rings. The van der Waals surface area contributed by atoms with Crippen LogP contribution in [0.4, 0.5) is 8.78 Å². The Morgan fingerprint density at radius 3 is 2.62 bits per heavy atom. The molecule has 3 N–H and O–H groups in total. The van der Waals surface area contributed by atoms with Crippen molar-refractivity contribution in [3.63, 3.8) is 0 Å². The first-order valence-electron chi connectivity index (χ1n) is 6.97. The Bertz CT molecular complexity index is 506. The molecule has 118 valence electrons. The van der Waals surface area contributed by atoms with E-state index in [1.165, 1.54) is 12.1 Å². The van der Waals surface area contributed by atoms with Crippen molar-refractivity contribution in [1.82, 2.24) is 5.32 Å². The Morgan fingerprint density at radius 1 is 1.43 bits per heavy atom. The van der Waals surface area contributed by atoms with Gasteiger partial charge in [0.25, 0.3) is 0 Å². The quantitative estimate of drug-likeness (QED) is 0.847. The van der Waals surface area contributed by atoms with Crippen LogP contribution < -0.4 is 11.1 Å². The molecule has 3 nitrogen and oxygen atoms in total. The number of carbonyl (C=O) groups excluding carboxylic acids is 1. The number of hydrogen-bond donors (Lipinski definition) is 2. The van der Waals surface area contributed by atoms with Crippen molar-refractivity contribution in [2.75, 3.05) is 6.54 Å². The molecule has 1 aromatic rings. The van der Waals surface area contributed by atoms with Gasteiger partial charge in [-0.15, -0.1) is 12.4 Å². The number of nitrogens with two attached hydrogens (primary N) is 1. The Labute approximate surface area is 129 Å². The number of rotatable bonds is 6. The van der Waals surface area contributed by atoms with Crippen LogP contribution >= 0.6 is 12.4 Å². The zero-order chi connectivity index (χ0) is 14.8. The van der Waals surface area contributed by atoms with Crippen LogP contribution in [0.1, 0.15) is 38.2 Å². The lowest BCUT2D eigenvalue weighted by Gasteiger charge is -2.19. The van der Waals surface area contributed by atoms with E-state index in [0.717, 1.165) is 25.3 Å². The lowest BCUT2D eigenvalue weighted by Crippen LogP contribution is -2.43. The van der Waals surface area contributed by atoms with Crippen molar-refractivity contribution in [1.29, 1.82) is 0 Å². The molecule has 6 heteroatoms. The summed E-state index contributed by atoms with van der Waals surface area (Å²) in [7, 11) is 0. The Hall–Kier alpha value is -1.20. The maximum absolute atomic E-state index is 13.8. The molecule has 1 saturated carbocycles. The number of amides is 1. The fourth-order valence-corrected chi connectivity index (χ4v) is 2.44. The number of benzene rings is 1. The molecule has 0 saturated heterocycles. The van der Waals surface area contributed by atoms with Crippen LogP contribution in [0.3, 0.4) is 0 Å². The van der Waals surface area contributed by atoms with Gasteiger partial charge in [0.05, 0.1) is 6.04 Å². The largest absolute Gasteiger partial charge is 0.354 e. The monoisotopic (exact) mass is 318 g/mol. The average Bonchev–Trinajstić information content (AvgIpc) is 3.17. The molecule has 1 aliphatic carbocycles. The first-order chi connectivity index (χ1) is 9.48. The van der Waals surface area contributed by atoms with E-state index >= 15 is 0 Å². The third-order valence-corrected chi connectivity index (χ3v) is 3.89. The van der Waals surface area contributed by atoms with Gasteiger partial charge in [-0.3, -0.25) is 4.79 Å². The van der Waals surface area contributed by atoms with Gasteiger partial charge in [-0.05, 0) is 30.9 Å². The minimum atomic E-state index is -0.587. The normalized spacial score (nSPS) is 16.8. The topological polar surface area (TPSA) is 55.1 Å². The van der Waals surface area contributed by atoms with Crippen molar-refractivity contribution in [2.45, 2.75) is 44.1 Å². The summed E-state index contributed by atoms with van der Waals surface area (Å²) in [5.41, 5.74) is 5.82. The summed E-state index contributed by atoms with van der Waals surface area (Å²) in [5.74, 6) is -1.34. The van der Waals surface area contributed by atoms with Crippen LogP contribution in [0, 0.1) is 11.6 Å². The van der Waals surface area contributed by atoms with Crippen molar-refractivity contribution in [2.24, 2.45) is 5.73 Å². The van der Waals surface area contributed by atoms with Gasteiger partial charge in [-0.2, -0.15) is 0 Å². The number of carbonyl (C=O) groups is 1. The molecule has 1 unspecified atom stereocenters. The number of hydrogen-bond acceptors (Lipinski definition) is 2. The van der Waals surface area contributed by atoms with Gasteiger partial charge in [-0.25, -0.2) is 8.78 Å². The lowest BCUT2D eigenvalue weighted by atomic mass is 9.95.